The van der Waals surface area contributed by atoms with Crippen molar-refractivity contribution < 1.29 is 4.39 Å². The lowest BCUT2D eigenvalue weighted by Crippen LogP contribution is -2.19. The quantitative estimate of drug-likeness (QED) is 0.864. The van der Waals surface area contributed by atoms with Crippen LogP contribution in [-0.2, 0) is 6.42 Å². The number of rotatable bonds is 4. The van der Waals surface area contributed by atoms with Gasteiger partial charge < -0.3 is 5.32 Å². The predicted octanol–water partition coefficient (Wildman–Crippen LogP) is 3.64. The fraction of sp³-hybridized carbons (Fsp3) is 0.250. The van der Waals surface area contributed by atoms with E-state index in [2.05, 4.69) is 24.4 Å². The van der Waals surface area contributed by atoms with Crippen molar-refractivity contribution in [1.82, 2.24) is 5.32 Å². The summed E-state index contributed by atoms with van der Waals surface area (Å²) in [6.07, 6.45) is 0.868. The zero-order valence-electron chi connectivity index (χ0n) is 10.8. The molecular formula is C16H18FN. The zero-order valence-corrected chi connectivity index (χ0v) is 10.8. The normalized spacial score (nSPS) is 12.4. The Bertz CT molecular complexity index is 522. The van der Waals surface area contributed by atoms with E-state index in [-0.39, 0.29) is 11.9 Å². The zero-order chi connectivity index (χ0) is 13.0. The second-order valence-corrected chi connectivity index (χ2v) is 4.53. The topological polar surface area (TPSA) is 12.0 Å². The van der Waals surface area contributed by atoms with Crippen LogP contribution in [0.4, 0.5) is 4.39 Å². The third kappa shape index (κ3) is 2.96. The highest BCUT2D eigenvalue weighted by molar-refractivity contribution is 5.29. The van der Waals surface area contributed by atoms with Gasteiger partial charge in [-0.05, 0) is 49.2 Å². The molecule has 0 saturated heterocycles. The molecule has 0 aliphatic rings. The average Bonchev–Trinajstić information content (AvgIpc) is 2.38. The van der Waals surface area contributed by atoms with E-state index in [1.807, 2.05) is 25.2 Å². The Morgan fingerprint density at radius 3 is 2.56 bits per heavy atom. The van der Waals surface area contributed by atoms with Gasteiger partial charge in [-0.25, -0.2) is 4.39 Å². The van der Waals surface area contributed by atoms with E-state index in [1.165, 1.54) is 17.2 Å². The van der Waals surface area contributed by atoms with Crippen molar-refractivity contribution in [1.29, 1.82) is 0 Å². The molecule has 1 unspecified atom stereocenters. The van der Waals surface area contributed by atoms with Crippen LogP contribution in [0.15, 0.2) is 48.5 Å². The third-order valence-corrected chi connectivity index (χ3v) is 3.28. The Balaban J connectivity index is 2.23. The first-order chi connectivity index (χ1) is 8.70. The molecule has 1 atom stereocenters. The van der Waals surface area contributed by atoms with Gasteiger partial charge in [0, 0.05) is 6.04 Å². The molecule has 0 heterocycles. The molecule has 2 aromatic rings. The fourth-order valence-electron chi connectivity index (χ4n) is 2.17. The lowest BCUT2D eigenvalue weighted by atomic mass is 9.96. The molecule has 2 heteroatoms. The minimum Gasteiger partial charge on any atom is -0.313 e. The summed E-state index contributed by atoms with van der Waals surface area (Å²) in [4.78, 5) is 0. The van der Waals surface area contributed by atoms with Crippen LogP contribution in [0.25, 0.3) is 0 Å². The van der Waals surface area contributed by atoms with Crippen LogP contribution in [-0.4, -0.2) is 7.05 Å². The number of aryl methyl sites for hydroxylation is 1. The summed E-state index contributed by atoms with van der Waals surface area (Å²) in [7, 11) is 1.91. The van der Waals surface area contributed by atoms with Crippen LogP contribution in [0.2, 0.25) is 0 Å². The standard InChI is InChI=1S/C16H18FN/c1-12-6-3-4-7-13(12)11-16(18-2)14-8-5-9-15(17)10-14/h3-10,16,18H,11H2,1-2H3. The van der Waals surface area contributed by atoms with Crippen molar-refractivity contribution in [2.45, 2.75) is 19.4 Å². The van der Waals surface area contributed by atoms with Crippen LogP contribution in [0, 0.1) is 12.7 Å². The maximum atomic E-state index is 13.3. The molecule has 0 bridgehead atoms. The van der Waals surface area contributed by atoms with E-state index in [0.29, 0.717) is 0 Å². The van der Waals surface area contributed by atoms with Gasteiger partial charge in [-0.2, -0.15) is 0 Å². The Kier molecular flexibility index (Phi) is 4.11. The largest absolute Gasteiger partial charge is 0.313 e. The van der Waals surface area contributed by atoms with Gasteiger partial charge >= 0.3 is 0 Å². The highest BCUT2D eigenvalue weighted by Gasteiger charge is 2.11. The first kappa shape index (κ1) is 12.8. The third-order valence-electron chi connectivity index (χ3n) is 3.28. The number of nitrogens with one attached hydrogen (secondary N) is 1. The summed E-state index contributed by atoms with van der Waals surface area (Å²) >= 11 is 0. The van der Waals surface area contributed by atoms with Crippen LogP contribution in [0.3, 0.4) is 0 Å². The summed E-state index contributed by atoms with van der Waals surface area (Å²) < 4.78 is 13.3. The van der Waals surface area contributed by atoms with Crippen molar-refractivity contribution in [3.63, 3.8) is 0 Å². The Labute approximate surface area is 108 Å². The van der Waals surface area contributed by atoms with E-state index >= 15 is 0 Å². The summed E-state index contributed by atoms with van der Waals surface area (Å²) in [6.45, 7) is 2.10. The Hall–Kier alpha value is -1.67. The number of likely N-dealkylation sites (N-methyl/N-ethyl adjacent to an activating group) is 1. The van der Waals surface area contributed by atoms with Gasteiger partial charge in [0.1, 0.15) is 5.82 Å². The molecular weight excluding hydrogens is 225 g/mol. The van der Waals surface area contributed by atoms with Crippen molar-refractivity contribution in [2.75, 3.05) is 7.05 Å². The van der Waals surface area contributed by atoms with Crippen LogP contribution in [0.5, 0.6) is 0 Å². The highest BCUT2D eigenvalue weighted by atomic mass is 19.1. The number of hydrogen-bond donors (Lipinski definition) is 1. The van der Waals surface area contributed by atoms with Gasteiger partial charge in [0.25, 0.3) is 0 Å². The Morgan fingerprint density at radius 1 is 1.11 bits per heavy atom. The lowest BCUT2D eigenvalue weighted by molar-refractivity contribution is 0.576. The van der Waals surface area contributed by atoms with Crippen molar-refractivity contribution >= 4 is 0 Å². The molecule has 94 valence electrons. The highest BCUT2D eigenvalue weighted by Crippen LogP contribution is 2.20. The molecule has 1 N–H and O–H groups in total. The smallest absolute Gasteiger partial charge is 0.123 e. The van der Waals surface area contributed by atoms with Crippen LogP contribution in [0.1, 0.15) is 22.7 Å². The monoisotopic (exact) mass is 243 g/mol. The molecule has 1 nitrogen and oxygen atoms in total. The number of benzene rings is 2. The molecule has 0 fully saturated rings. The Morgan fingerprint density at radius 2 is 1.89 bits per heavy atom. The van der Waals surface area contributed by atoms with Gasteiger partial charge in [-0.1, -0.05) is 36.4 Å². The van der Waals surface area contributed by atoms with Crippen molar-refractivity contribution in [2.24, 2.45) is 0 Å². The van der Waals surface area contributed by atoms with E-state index in [4.69, 9.17) is 0 Å². The van der Waals surface area contributed by atoms with Gasteiger partial charge in [-0.3, -0.25) is 0 Å². The van der Waals surface area contributed by atoms with E-state index in [1.54, 1.807) is 12.1 Å². The first-order valence-electron chi connectivity index (χ1n) is 6.18. The van der Waals surface area contributed by atoms with E-state index in [0.717, 1.165) is 12.0 Å². The molecule has 0 spiro atoms. The average molecular weight is 243 g/mol. The van der Waals surface area contributed by atoms with Gasteiger partial charge in [0.15, 0.2) is 0 Å². The fourth-order valence-corrected chi connectivity index (χ4v) is 2.17. The number of halogens is 1. The number of hydrogen-bond acceptors (Lipinski definition) is 1. The van der Waals surface area contributed by atoms with Crippen molar-refractivity contribution in [3.05, 3.63) is 71.0 Å². The molecule has 2 aromatic carbocycles. The minimum absolute atomic E-state index is 0.141. The van der Waals surface area contributed by atoms with Crippen LogP contribution < -0.4 is 5.32 Å². The van der Waals surface area contributed by atoms with Gasteiger partial charge in [0.05, 0.1) is 0 Å². The van der Waals surface area contributed by atoms with Crippen LogP contribution >= 0.6 is 0 Å². The summed E-state index contributed by atoms with van der Waals surface area (Å²) in [5.74, 6) is -0.183. The van der Waals surface area contributed by atoms with Crippen molar-refractivity contribution in [3.8, 4) is 0 Å². The maximum absolute atomic E-state index is 13.3. The summed E-state index contributed by atoms with van der Waals surface area (Å²) in [5.41, 5.74) is 3.55. The minimum atomic E-state index is -0.183. The second-order valence-electron chi connectivity index (χ2n) is 4.53. The SMILES string of the molecule is CNC(Cc1ccccc1C)c1cccc(F)c1. The molecule has 0 aliphatic carbocycles. The summed E-state index contributed by atoms with van der Waals surface area (Å²) in [5, 5.41) is 3.25. The molecule has 0 radical (unpaired) electrons. The molecule has 18 heavy (non-hydrogen) atoms. The van der Waals surface area contributed by atoms with E-state index in [9.17, 15) is 4.39 Å². The molecule has 0 saturated carbocycles. The molecule has 0 aliphatic heterocycles. The summed E-state index contributed by atoms with van der Waals surface area (Å²) in [6, 6.07) is 15.2. The molecule has 0 aromatic heterocycles. The lowest BCUT2D eigenvalue weighted by Gasteiger charge is -2.18. The predicted molar refractivity (Wildman–Crippen MR) is 73.1 cm³/mol. The molecule has 2 rings (SSSR count). The second kappa shape index (κ2) is 5.78. The molecule has 0 amide bonds. The van der Waals surface area contributed by atoms with Gasteiger partial charge in [-0.15, -0.1) is 0 Å². The van der Waals surface area contributed by atoms with Gasteiger partial charge in [0.2, 0.25) is 0 Å². The van der Waals surface area contributed by atoms with E-state index < -0.39 is 0 Å². The maximum Gasteiger partial charge on any atom is 0.123 e. The first-order valence-corrected chi connectivity index (χ1v) is 6.18.